The number of para-hydroxylation sites is 13. The van der Waals surface area contributed by atoms with Crippen molar-refractivity contribution in [1.82, 2.24) is 27.4 Å². The Bertz CT molecular complexity index is 9930. The summed E-state index contributed by atoms with van der Waals surface area (Å²) in [5, 5.41) is 15.6. The second-order valence-corrected chi connectivity index (χ2v) is 39.0. The quantitative estimate of drug-likeness (QED) is 0.124. The fourth-order valence-corrected chi connectivity index (χ4v) is 22.1. The van der Waals surface area contributed by atoms with Crippen LogP contribution in [0.15, 0.2) is 558 Å². The van der Waals surface area contributed by atoms with Crippen LogP contribution in [0.1, 0.15) is 33.4 Å². The highest BCUT2D eigenvalue weighted by molar-refractivity contribution is 6.16. The SMILES string of the molecule is Cc1ccc(-c2ccc3c(c2)c2ccccc2n3-c2ccccc2)cc1.Cc1ccc(-c2ccc3c4ccccc4n(-c4ccccc4)c3c2)cc1.Cc1cccc(-c2ccc3c(c2)c2ccccc2n3-c2ccccc2)c1.Cc1cccc(-c2ccc3c4ccccc4n(-c4ccccc4)c3c2)c1.Cc1ccccc1-c1ccc2c3ccccc3n(-c3ccccc3)c2c1.Cc1ccccc1-n1c2ccccc2c2ccccc21. The van der Waals surface area contributed by atoms with Gasteiger partial charge in [0.15, 0.2) is 0 Å². The van der Waals surface area contributed by atoms with E-state index in [4.69, 9.17) is 0 Å². The number of fused-ring (bicyclic) bond motifs is 18. The van der Waals surface area contributed by atoms with E-state index in [2.05, 4.69) is 627 Å². The van der Waals surface area contributed by atoms with Crippen LogP contribution in [0.3, 0.4) is 0 Å². The van der Waals surface area contributed by atoms with Gasteiger partial charge in [-0.2, -0.15) is 0 Å². The molecular formula is C144H110N6. The van der Waals surface area contributed by atoms with Gasteiger partial charge in [-0.3, -0.25) is 0 Å². The second kappa shape index (κ2) is 41.2. The Kier molecular flexibility index (Phi) is 25.6. The summed E-state index contributed by atoms with van der Waals surface area (Å²) < 4.78 is 14.2. The molecule has 29 aromatic rings. The molecular weight excluding hydrogens is 1810 g/mol. The third-order valence-corrected chi connectivity index (χ3v) is 29.3. The fraction of sp³-hybridized carbons (Fsp3) is 0.0417. The molecule has 0 saturated carbocycles. The zero-order valence-electron chi connectivity index (χ0n) is 84.8. The van der Waals surface area contributed by atoms with Gasteiger partial charge in [-0.05, 0) is 260 Å². The number of rotatable bonds is 11. The lowest BCUT2D eigenvalue weighted by atomic mass is 9.99. The van der Waals surface area contributed by atoms with E-state index in [0.29, 0.717) is 0 Å². The van der Waals surface area contributed by atoms with Crippen molar-refractivity contribution in [1.29, 1.82) is 0 Å². The Morgan fingerprint density at radius 1 is 0.113 bits per heavy atom. The normalized spacial score (nSPS) is 11.3. The third kappa shape index (κ3) is 18.1. The highest BCUT2D eigenvalue weighted by Crippen LogP contribution is 2.44. The molecule has 0 radical (unpaired) electrons. The Balaban J connectivity index is 0.0000000960. The molecule has 716 valence electrons. The molecule has 0 bridgehead atoms. The van der Waals surface area contributed by atoms with Crippen LogP contribution in [-0.4, -0.2) is 27.4 Å². The minimum Gasteiger partial charge on any atom is -0.309 e. The van der Waals surface area contributed by atoms with Gasteiger partial charge in [-0.15, -0.1) is 0 Å². The molecule has 6 heterocycles. The van der Waals surface area contributed by atoms with Gasteiger partial charge >= 0.3 is 0 Å². The highest BCUT2D eigenvalue weighted by Gasteiger charge is 2.22. The fourth-order valence-electron chi connectivity index (χ4n) is 22.1. The molecule has 0 N–H and O–H groups in total. The lowest BCUT2D eigenvalue weighted by Crippen LogP contribution is -1.96. The predicted octanol–water partition coefficient (Wildman–Crippen LogP) is 38.9. The van der Waals surface area contributed by atoms with E-state index in [9.17, 15) is 0 Å². The molecule has 0 spiro atoms. The van der Waals surface area contributed by atoms with Gasteiger partial charge in [0, 0.05) is 98.8 Å². The molecule has 0 aliphatic rings. The van der Waals surface area contributed by atoms with Crippen LogP contribution in [0.25, 0.3) is 221 Å². The predicted molar refractivity (Wildman–Crippen MR) is 640 cm³/mol. The van der Waals surface area contributed by atoms with Crippen LogP contribution in [0.2, 0.25) is 0 Å². The van der Waals surface area contributed by atoms with E-state index in [1.54, 1.807) is 0 Å². The molecule has 0 amide bonds. The van der Waals surface area contributed by atoms with Crippen LogP contribution in [0.4, 0.5) is 0 Å². The van der Waals surface area contributed by atoms with Crippen molar-refractivity contribution in [3.8, 4) is 89.8 Å². The molecule has 0 aliphatic heterocycles. The average molecular weight is 1920 g/mol. The molecule has 0 saturated heterocycles. The smallest absolute Gasteiger partial charge is 0.0547 e. The maximum atomic E-state index is 2.37. The first-order valence-corrected chi connectivity index (χ1v) is 51.8. The molecule has 6 aromatic heterocycles. The number of benzene rings is 23. The van der Waals surface area contributed by atoms with Crippen LogP contribution in [0, 0.1) is 41.5 Å². The first-order chi connectivity index (χ1) is 73.9. The average Bonchev–Trinajstić information content (AvgIpc) is 1.61. The van der Waals surface area contributed by atoms with Crippen molar-refractivity contribution < 1.29 is 0 Å². The zero-order chi connectivity index (χ0) is 101. The largest absolute Gasteiger partial charge is 0.309 e. The van der Waals surface area contributed by atoms with E-state index in [0.717, 1.165) is 0 Å². The third-order valence-electron chi connectivity index (χ3n) is 29.3. The maximum Gasteiger partial charge on any atom is 0.0547 e. The number of nitrogens with zero attached hydrogens (tertiary/aromatic N) is 6. The van der Waals surface area contributed by atoms with Gasteiger partial charge in [0.2, 0.25) is 0 Å². The van der Waals surface area contributed by atoms with Gasteiger partial charge in [-0.1, -0.05) is 429 Å². The highest BCUT2D eigenvalue weighted by atomic mass is 15.0. The monoisotopic (exact) mass is 1920 g/mol. The Morgan fingerprint density at radius 3 is 0.673 bits per heavy atom. The van der Waals surface area contributed by atoms with Crippen molar-refractivity contribution >= 4 is 131 Å². The molecule has 0 aliphatic carbocycles. The minimum atomic E-state index is 1.19. The van der Waals surface area contributed by atoms with E-state index < -0.39 is 0 Å². The summed E-state index contributed by atoms with van der Waals surface area (Å²) in [4.78, 5) is 0. The summed E-state index contributed by atoms with van der Waals surface area (Å²) in [6.45, 7) is 12.9. The van der Waals surface area contributed by atoms with E-state index in [-0.39, 0.29) is 0 Å². The van der Waals surface area contributed by atoms with Gasteiger partial charge in [0.25, 0.3) is 0 Å². The number of aromatic nitrogens is 6. The van der Waals surface area contributed by atoms with Gasteiger partial charge < -0.3 is 27.4 Å². The molecule has 29 rings (SSSR count). The van der Waals surface area contributed by atoms with E-state index >= 15 is 0 Å². The maximum absolute atomic E-state index is 2.37. The lowest BCUT2D eigenvalue weighted by molar-refractivity contribution is 1.15. The molecule has 6 heteroatoms. The molecule has 23 aromatic carbocycles. The van der Waals surface area contributed by atoms with Gasteiger partial charge in [0.05, 0.1) is 66.2 Å². The van der Waals surface area contributed by atoms with Gasteiger partial charge in [-0.25, -0.2) is 0 Å². The molecule has 0 unspecified atom stereocenters. The Hall–Kier alpha value is -19.1. The van der Waals surface area contributed by atoms with Gasteiger partial charge in [0.1, 0.15) is 0 Å². The topological polar surface area (TPSA) is 29.6 Å². The second-order valence-electron chi connectivity index (χ2n) is 39.0. The number of aryl methyl sites for hydroxylation is 6. The summed E-state index contributed by atoms with van der Waals surface area (Å²) in [5.74, 6) is 0. The summed E-state index contributed by atoms with van der Waals surface area (Å²) in [6, 6.07) is 200. The molecule has 0 fully saturated rings. The first-order valence-electron chi connectivity index (χ1n) is 51.8. The number of hydrogen-bond acceptors (Lipinski definition) is 0. The summed E-state index contributed by atoms with van der Waals surface area (Å²) in [6.07, 6.45) is 0. The van der Waals surface area contributed by atoms with Crippen molar-refractivity contribution in [2.45, 2.75) is 41.5 Å². The van der Waals surface area contributed by atoms with Crippen LogP contribution in [-0.2, 0) is 0 Å². The Labute approximate surface area is 874 Å². The molecule has 6 nitrogen and oxygen atoms in total. The molecule has 0 atom stereocenters. The standard InChI is InChI=1S/5C25H19N.C19H15N/c1-18-8-7-9-19(16-18)20-14-15-25-23(17-20)22-12-5-6-13-24(22)26(25)21-10-3-2-4-11-21;1-18-8-7-9-19(16-18)20-14-15-23-22-12-5-6-13-24(22)26(25(23)17-20)21-10-3-2-4-11-21;1-18-9-5-6-12-21(18)19-15-16-23-22-13-7-8-14-24(22)26(25(23)17-19)20-10-3-2-4-11-20;1-18-11-13-19(14-12-18)20-15-16-25-23(17-20)22-9-5-6-10-24(22)26(25)21-7-3-2-4-8-21;1-18-11-13-19(14-12-18)20-15-16-23-22-9-5-6-10-24(22)26(25(23)17-20)21-7-3-2-4-8-21;1-14-8-2-5-11-17(14)20-18-12-6-3-9-15(18)16-10-4-7-13-19(16)20/h5*2-17H,1H3;2-13H,1H3. The minimum absolute atomic E-state index is 1.19. The number of hydrogen-bond donors (Lipinski definition) is 0. The van der Waals surface area contributed by atoms with Crippen molar-refractivity contribution in [2.75, 3.05) is 0 Å². The summed E-state index contributed by atoms with van der Waals surface area (Å²) in [5.41, 5.74) is 42.6. The van der Waals surface area contributed by atoms with Crippen LogP contribution >= 0.6 is 0 Å². The van der Waals surface area contributed by atoms with E-state index in [1.807, 2.05) is 0 Å². The van der Waals surface area contributed by atoms with Crippen molar-refractivity contribution in [3.63, 3.8) is 0 Å². The molecule has 150 heavy (non-hydrogen) atoms. The summed E-state index contributed by atoms with van der Waals surface area (Å²) in [7, 11) is 0. The van der Waals surface area contributed by atoms with Crippen molar-refractivity contribution in [3.05, 3.63) is 591 Å². The summed E-state index contributed by atoms with van der Waals surface area (Å²) >= 11 is 0. The zero-order valence-corrected chi connectivity index (χ0v) is 84.8. The van der Waals surface area contributed by atoms with Crippen LogP contribution < -0.4 is 0 Å². The van der Waals surface area contributed by atoms with Crippen LogP contribution in [0.5, 0.6) is 0 Å². The van der Waals surface area contributed by atoms with E-state index in [1.165, 1.54) is 254 Å². The lowest BCUT2D eigenvalue weighted by Gasteiger charge is -2.10. The first kappa shape index (κ1) is 93.2. The Morgan fingerprint density at radius 2 is 0.340 bits per heavy atom. The van der Waals surface area contributed by atoms with Crippen molar-refractivity contribution in [2.24, 2.45) is 0 Å².